The molecule has 15 heavy (non-hydrogen) atoms. The number of nitrogens with zero attached hydrogens (tertiary/aromatic N) is 1. The minimum atomic E-state index is 0.790. The molecule has 0 amide bonds. The Balaban J connectivity index is 1.98. The minimum Gasteiger partial charge on any atom is -0.371 e. The molecule has 0 saturated carbocycles. The zero-order chi connectivity index (χ0) is 10.7. The Bertz CT molecular complexity index is 310. The summed E-state index contributed by atoms with van der Waals surface area (Å²) in [6.07, 6.45) is 2.44. The van der Waals surface area contributed by atoms with E-state index in [1.54, 1.807) is 0 Å². The van der Waals surface area contributed by atoms with Crippen LogP contribution in [0, 0.1) is 5.92 Å². The van der Waals surface area contributed by atoms with Gasteiger partial charge in [-0.2, -0.15) is 0 Å². The Kier molecular flexibility index (Phi) is 3.65. The number of nitrogens with two attached hydrogens (primary N) is 1. The molecular weight excluding hydrogens is 252 g/mol. The van der Waals surface area contributed by atoms with E-state index < -0.39 is 0 Å². The van der Waals surface area contributed by atoms with Crippen LogP contribution in [0.15, 0.2) is 28.7 Å². The van der Waals surface area contributed by atoms with Crippen LogP contribution >= 0.6 is 15.9 Å². The van der Waals surface area contributed by atoms with Crippen molar-refractivity contribution in [3.8, 4) is 0 Å². The lowest BCUT2D eigenvalue weighted by Gasteiger charge is -2.18. The Morgan fingerprint density at radius 2 is 2.07 bits per heavy atom. The van der Waals surface area contributed by atoms with Crippen molar-refractivity contribution in [1.29, 1.82) is 0 Å². The smallest absolute Gasteiger partial charge is 0.0367 e. The van der Waals surface area contributed by atoms with Crippen molar-refractivity contribution in [2.45, 2.75) is 12.8 Å². The summed E-state index contributed by atoms with van der Waals surface area (Å²) in [5.74, 6) is 0.790. The summed E-state index contributed by atoms with van der Waals surface area (Å²) in [5.41, 5.74) is 6.92. The SMILES string of the molecule is NCCC1CCN(c2ccc(Br)cc2)C1. The summed E-state index contributed by atoms with van der Waals surface area (Å²) in [6, 6.07) is 8.56. The first kappa shape index (κ1) is 11.0. The molecule has 1 heterocycles. The lowest BCUT2D eigenvalue weighted by Crippen LogP contribution is -2.20. The first-order valence-electron chi connectivity index (χ1n) is 5.50. The molecule has 0 spiro atoms. The predicted molar refractivity (Wildman–Crippen MR) is 68.1 cm³/mol. The van der Waals surface area contributed by atoms with Gasteiger partial charge in [0.15, 0.2) is 0 Å². The van der Waals surface area contributed by atoms with Crippen molar-refractivity contribution in [2.75, 3.05) is 24.5 Å². The van der Waals surface area contributed by atoms with Gasteiger partial charge in [-0.05, 0) is 49.6 Å². The van der Waals surface area contributed by atoms with Crippen LogP contribution in [0.2, 0.25) is 0 Å². The van der Waals surface area contributed by atoms with E-state index in [1.807, 2.05) is 0 Å². The summed E-state index contributed by atoms with van der Waals surface area (Å²) < 4.78 is 1.14. The maximum absolute atomic E-state index is 5.59. The van der Waals surface area contributed by atoms with E-state index in [9.17, 15) is 0 Å². The van der Waals surface area contributed by atoms with Gasteiger partial charge in [0.1, 0.15) is 0 Å². The third-order valence-electron chi connectivity index (χ3n) is 3.05. The molecule has 2 rings (SSSR count). The topological polar surface area (TPSA) is 29.3 Å². The average molecular weight is 269 g/mol. The largest absolute Gasteiger partial charge is 0.371 e. The van der Waals surface area contributed by atoms with Crippen LogP contribution < -0.4 is 10.6 Å². The van der Waals surface area contributed by atoms with Gasteiger partial charge in [-0.3, -0.25) is 0 Å². The first-order chi connectivity index (χ1) is 7.29. The van der Waals surface area contributed by atoms with Crippen molar-refractivity contribution in [2.24, 2.45) is 11.7 Å². The molecule has 1 atom stereocenters. The molecule has 0 aliphatic carbocycles. The Labute approximate surface area is 99.6 Å². The molecule has 1 aromatic rings. The molecule has 2 N–H and O–H groups in total. The van der Waals surface area contributed by atoms with Gasteiger partial charge in [0.2, 0.25) is 0 Å². The molecule has 1 aliphatic rings. The van der Waals surface area contributed by atoms with E-state index in [-0.39, 0.29) is 0 Å². The number of anilines is 1. The molecule has 2 nitrogen and oxygen atoms in total. The number of hydrogen-bond acceptors (Lipinski definition) is 2. The van der Waals surface area contributed by atoms with E-state index in [4.69, 9.17) is 5.73 Å². The van der Waals surface area contributed by atoms with Gasteiger partial charge in [-0.1, -0.05) is 15.9 Å². The molecule has 1 saturated heterocycles. The third-order valence-corrected chi connectivity index (χ3v) is 3.58. The Hall–Kier alpha value is -0.540. The van der Waals surface area contributed by atoms with E-state index in [0.717, 1.165) is 23.4 Å². The quantitative estimate of drug-likeness (QED) is 0.914. The van der Waals surface area contributed by atoms with E-state index in [0.29, 0.717) is 0 Å². The highest BCUT2D eigenvalue weighted by atomic mass is 79.9. The Morgan fingerprint density at radius 1 is 1.33 bits per heavy atom. The summed E-state index contributed by atoms with van der Waals surface area (Å²) >= 11 is 3.46. The predicted octanol–water partition coefficient (Wildman–Crippen LogP) is 2.62. The van der Waals surface area contributed by atoms with Crippen LogP contribution in [-0.4, -0.2) is 19.6 Å². The van der Waals surface area contributed by atoms with Gasteiger partial charge >= 0.3 is 0 Å². The fraction of sp³-hybridized carbons (Fsp3) is 0.500. The van der Waals surface area contributed by atoms with Gasteiger partial charge in [0, 0.05) is 23.2 Å². The maximum atomic E-state index is 5.59. The Morgan fingerprint density at radius 3 is 2.73 bits per heavy atom. The van der Waals surface area contributed by atoms with Crippen molar-refractivity contribution in [1.82, 2.24) is 0 Å². The fourth-order valence-electron chi connectivity index (χ4n) is 2.19. The lowest BCUT2D eigenvalue weighted by atomic mass is 10.1. The van der Waals surface area contributed by atoms with Crippen molar-refractivity contribution in [3.05, 3.63) is 28.7 Å². The molecule has 1 aromatic carbocycles. The van der Waals surface area contributed by atoms with Crippen molar-refractivity contribution < 1.29 is 0 Å². The highest BCUT2D eigenvalue weighted by molar-refractivity contribution is 9.10. The summed E-state index contributed by atoms with van der Waals surface area (Å²) in [4.78, 5) is 2.45. The summed E-state index contributed by atoms with van der Waals surface area (Å²) in [5, 5.41) is 0. The van der Waals surface area contributed by atoms with Gasteiger partial charge in [-0.15, -0.1) is 0 Å². The van der Waals surface area contributed by atoms with Crippen LogP contribution in [0.25, 0.3) is 0 Å². The fourth-order valence-corrected chi connectivity index (χ4v) is 2.45. The number of benzene rings is 1. The second-order valence-electron chi connectivity index (χ2n) is 4.15. The van der Waals surface area contributed by atoms with E-state index in [1.165, 1.54) is 25.2 Å². The van der Waals surface area contributed by atoms with Crippen LogP contribution in [0.1, 0.15) is 12.8 Å². The molecular formula is C12H17BrN2. The average Bonchev–Trinajstić information content (AvgIpc) is 2.68. The normalized spacial score (nSPS) is 20.9. The van der Waals surface area contributed by atoms with Gasteiger partial charge in [0.05, 0.1) is 0 Å². The summed E-state index contributed by atoms with van der Waals surface area (Å²) in [6.45, 7) is 3.16. The molecule has 0 radical (unpaired) electrons. The van der Waals surface area contributed by atoms with Gasteiger partial charge in [0.25, 0.3) is 0 Å². The van der Waals surface area contributed by atoms with Gasteiger partial charge in [-0.25, -0.2) is 0 Å². The first-order valence-corrected chi connectivity index (χ1v) is 6.29. The van der Waals surface area contributed by atoms with Crippen LogP contribution in [0.4, 0.5) is 5.69 Å². The second kappa shape index (κ2) is 4.99. The van der Waals surface area contributed by atoms with E-state index in [2.05, 4.69) is 45.1 Å². The summed E-state index contributed by atoms with van der Waals surface area (Å²) in [7, 11) is 0. The van der Waals surface area contributed by atoms with Crippen LogP contribution in [0.5, 0.6) is 0 Å². The van der Waals surface area contributed by atoms with Crippen molar-refractivity contribution >= 4 is 21.6 Å². The maximum Gasteiger partial charge on any atom is 0.0367 e. The standard InChI is InChI=1S/C12H17BrN2/c13-11-1-3-12(4-2-11)15-8-6-10(9-15)5-7-14/h1-4,10H,5-9,14H2. The number of halogens is 1. The third kappa shape index (κ3) is 2.73. The second-order valence-corrected chi connectivity index (χ2v) is 5.07. The molecule has 1 fully saturated rings. The zero-order valence-electron chi connectivity index (χ0n) is 8.82. The molecule has 82 valence electrons. The molecule has 1 unspecified atom stereocenters. The zero-order valence-corrected chi connectivity index (χ0v) is 10.4. The number of rotatable bonds is 3. The highest BCUT2D eigenvalue weighted by Gasteiger charge is 2.21. The monoisotopic (exact) mass is 268 g/mol. The lowest BCUT2D eigenvalue weighted by molar-refractivity contribution is 0.546. The molecule has 0 aromatic heterocycles. The highest BCUT2D eigenvalue weighted by Crippen LogP contribution is 2.26. The number of hydrogen-bond donors (Lipinski definition) is 1. The van der Waals surface area contributed by atoms with Crippen molar-refractivity contribution in [3.63, 3.8) is 0 Å². The molecule has 0 bridgehead atoms. The van der Waals surface area contributed by atoms with Gasteiger partial charge < -0.3 is 10.6 Å². The van der Waals surface area contributed by atoms with Crippen LogP contribution in [0.3, 0.4) is 0 Å². The van der Waals surface area contributed by atoms with E-state index >= 15 is 0 Å². The molecule has 3 heteroatoms. The molecule has 1 aliphatic heterocycles. The van der Waals surface area contributed by atoms with Crippen LogP contribution in [-0.2, 0) is 0 Å². The minimum absolute atomic E-state index is 0.790.